The van der Waals surface area contributed by atoms with E-state index in [-0.39, 0.29) is 18.1 Å². The van der Waals surface area contributed by atoms with E-state index >= 15 is 0 Å². The molecule has 1 heterocycles. The largest absolute Gasteiger partial charge is 0.494 e. The summed E-state index contributed by atoms with van der Waals surface area (Å²) in [5.74, 6) is 0.397. The molecule has 6 nitrogen and oxygen atoms in total. The summed E-state index contributed by atoms with van der Waals surface area (Å²) in [4.78, 5) is 25.3. The number of amides is 2. The van der Waals surface area contributed by atoms with Crippen molar-refractivity contribution in [2.24, 2.45) is 0 Å². The van der Waals surface area contributed by atoms with Gasteiger partial charge in [-0.1, -0.05) is 30.3 Å². The van der Waals surface area contributed by atoms with Gasteiger partial charge >= 0.3 is 0 Å². The quantitative estimate of drug-likeness (QED) is 0.574. The monoisotopic (exact) mass is 390 g/mol. The normalized spacial score (nSPS) is 11.0. The highest BCUT2D eigenvalue weighted by molar-refractivity contribution is 6.05. The van der Waals surface area contributed by atoms with E-state index in [1.807, 2.05) is 37.3 Å². The average molecular weight is 390 g/mol. The van der Waals surface area contributed by atoms with Crippen LogP contribution >= 0.6 is 0 Å². The number of rotatable bonds is 8. The summed E-state index contributed by atoms with van der Waals surface area (Å²) >= 11 is 0. The standard InChI is InChI=1S/C23H22N2O4/c1-2-28-19-11-6-8-17(14-19)16-24-23(27)21(15-20-12-7-13-29-20)25-22(26)18-9-4-3-5-10-18/h3-15H,2,16H2,1H3,(H,24,27)(H,25,26)/b21-15-. The SMILES string of the molecule is CCOc1cccc(CNC(=O)/C(=C/c2ccco2)NC(=O)c2ccccc2)c1. The van der Waals surface area contributed by atoms with Crippen molar-refractivity contribution in [1.29, 1.82) is 0 Å². The predicted molar refractivity (Wildman–Crippen MR) is 110 cm³/mol. The lowest BCUT2D eigenvalue weighted by molar-refractivity contribution is -0.117. The van der Waals surface area contributed by atoms with Gasteiger partial charge in [-0.25, -0.2) is 0 Å². The summed E-state index contributed by atoms with van der Waals surface area (Å²) in [6.07, 6.45) is 2.99. The van der Waals surface area contributed by atoms with Gasteiger partial charge < -0.3 is 19.8 Å². The van der Waals surface area contributed by atoms with Crippen LogP contribution < -0.4 is 15.4 Å². The summed E-state index contributed by atoms with van der Waals surface area (Å²) in [6, 6.07) is 19.6. The first kappa shape index (κ1) is 19.9. The molecule has 1 aromatic heterocycles. The van der Waals surface area contributed by atoms with Gasteiger partial charge in [-0.3, -0.25) is 9.59 Å². The molecule has 0 atom stereocenters. The first-order chi connectivity index (χ1) is 14.2. The highest BCUT2D eigenvalue weighted by Crippen LogP contribution is 2.13. The molecule has 2 amide bonds. The van der Waals surface area contributed by atoms with Gasteiger partial charge in [0.25, 0.3) is 11.8 Å². The fourth-order valence-electron chi connectivity index (χ4n) is 2.65. The number of hydrogen-bond acceptors (Lipinski definition) is 4. The maximum Gasteiger partial charge on any atom is 0.268 e. The van der Waals surface area contributed by atoms with Crippen molar-refractivity contribution in [3.05, 3.63) is 95.6 Å². The van der Waals surface area contributed by atoms with Crippen molar-refractivity contribution in [2.75, 3.05) is 6.61 Å². The molecule has 29 heavy (non-hydrogen) atoms. The summed E-state index contributed by atoms with van der Waals surface area (Å²) in [5.41, 5.74) is 1.43. The third-order valence-electron chi connectivity index (χ3n) is 4.02. The highest BCUT2D eigenvalue weighted by Gasteiger charge is 2.15. The molecule has 2 aromatic carbocycles. The van der Waals surface area contributed by atoms with Gasteiger partial charge in [0, 0.05) is 18.2 Å². The van der Waals surface area contributed by atoms with Crippen LogP contribution in [0.5, 0.6) is 5.75 Å². The van der Waals surface area contributed by atoms with Crippen LogP contribution in [0.2, 0.25) is 0 Å². The minimum Gasteiger partial charge on any atom is -0.494 e. The van der Waals surface area contributed by atoms with Gasteiger partial charge in [0.1, 0.15) is 17.2 Å². The third kappa shape index (κ3) is 5.84. The first-order valence-electron chi connectivity index (χ1n) is 9.27. The van der Waals surface area contributed by atoms with Crippen LogP contribution in [0.25, 0.3) is 6.08 Å². The fourth-order valence-corrected chi connectivity index (χ4v) is 2.65. The second-order valence-electron chi connectivity index (χ2n) is 6.16. The Morgan fingerprint density at radius 2 is 1.86 bits per heavy atom. The van der Waals surface area contributed by atoms with Gasteiger partial charge in [-0.2, -0.15) is 0 Å². The van der Waals surface area contributed by atoms with Crippen LogP contribution in [0.3, 0.4) is 0 Å². The summed E-state index contributed by atoms with van der Waals surface area (Å²) in [7, 11) is 0. The Labute approximate surface area is 169 Å². The van der Waals surface area contributed by atoms with E-state index < -0.39 is 5.91 Å². The maximum absolute atomic E-state index is 12.8. The Balaban J connectivity index is 1.72. The number of nitrogens with one attached hydrogen (secondary N) is 2. The molecule has 6 heteroatoms. The van der Waals surface area contributed by atoms with Gasteiger partial charge in [-0.15, -0.1) is 0 Å². The van der Waals surface area contributed by atoms with E-state index in [0.29, 0.717) is 17.9 Å². The van der Waals surface area contributed by atoms with E-state index in [2.05, 4.69) is 10.6 Å². The highest BCUT2D eigenvalue weighted by atomic mass is 16.5. The molecule has 0 aliphatic carbocycles. The average Bonchev–Trinajstić information content (AvgIpc) is 3.26. The molecular weight excluding hydrogens is 368 g/mol. The van der Waals surface area contributed by atoms with Crippen molar-refractivity contribution in [3.63, 3.8) is 0 Å². The molecule has 0 spiro atoms. The topological polar surface area (TPSA) is 80.6 Å². The minimum absolute atomic E-state index is 0.0924. The summed E-state index contributed by atoms with van der Waals surface area (Å²) in [5, 5.41) is 5.48. The zero-order valence-electron chi connectivity index (χ0n) is 16.1. The van der Waals surface area contributed by atoms with Crippen LogP contribution in [0.15, 0.2) is 83.1 Å². The molecule has 0 aliphatic rings. The smallest absolute Gasteiger partial charge is 0.268 e. The minimum atomic E-state index is -0.424. The molecule has 0 saturated carbocycles. The second kappa shape index (κ2) is 9.94. The molecular formula is C23H22N2O4. The lowest BCUT2D eigenvalue weighted by Gasteiger charge is -2.11. The Hall–Kier alpha value is -3.80. The molecule has 148 valence electrons. The van der Waals surface area contributed by atoms with E-state index in [1.165, 1.54) is 12.3 Å². The second-order valence-corrected chi connectivity index (χ2v) is 6.16. The predicted octanol–water partition coefficient (Wildman–Crippen LogP) is 3.77. The Morgan fingerprint density at radius 1 is 1.03 bits per heavy atom. The number of benzene rings is 2. The van der Waals surface area contributed by atoms with Crippen molar-refractivity contribution >= 4 is 17.9 Å². The molecule has 2 N–H and O–H groups in total. The van der Waals surface area contributed by atoms with E-state index in [0.717, 1.165) is 11.3 Å². The van der Waals surface area contributed by atoms with Gasteiger partial charge in [0.05, 0.1) is 12.9 Å². The lowest BCUT2D eigenvalue weighted by Crippen LogP contribution is -2.34. The van der Waals surface area contributed by atoms with E-state index in [1.54, 1.807) is 36.4 Å². The third-order valence-corrected chi connectivity index (χ3v) is 4.02. The van der Waals surface area contributed by atoms with Crippen LogP contribution in [0.4, 0.5) is 0 Å². The molecule has 0 unspecified atom stereocenters. The Morgan fingerprint density at radius 3 is 2.59 bits per heavy atom. The summed E-state index contributed by atoms with van der Waals surface area (Å²) in [6.45, 7) is 2.77. The Bertz CT molecular complexity index is 979. The number of hydrogen-bond donors (Lipinski definition) is 2. The number of ether oxygens (including phenoxy) is 1. The number of carbonyl (C=O) groups is 2. The van der Waals surface area contributed by atoms with Crippen LogP contribution in [-0.4, -0.2) is 18.4 Å². The maximum atomic E-state index is 12.8. The number of furan rings is 1. The van der Waals surface area contributed by atoms with Gasteiger partial charge in [-0.05, 0) is 48.9 Å². The van der Waals surface area contributed by atoms with Crippen LogP contribution in [-0.2, 0) is 11.3 Å². The molecule has 0 radical (unpaired) electrons. The van der Waals surface area contributed by atoms with Crippen LogP contribution in [0, 0.1) is 0 Å². The lowest BCUT2D eigenvalue weighted by atomic mass is 10.2. The fraction of sp³-hybridized carbons (Fsp3) is 0.130. The van der Waals surface area contributed by atoms with Crippen molar-refractivity contribution in [1.82, 2.24) is 10.6 Å². The summed E-state index contributed by atoms with van der Waals surface area (Å²) < 4.78 is 10.8. The zero-order chi connectivity index (χ0) is 20.5. The molecule has 0 fully saturated rings. The Kier molecular flexibility index (Phi) is 6.84. The van der Waals surface area contributed by atoms with E-state index in [9.17, 15) is 9.59 Å². The van der Waals surface area contributed by atoms with Crippen molar-refractivity contribution in [2.45, 2.75) is 13.5 Å². The van der Waals surface area contributed by atoms with Gasteiger partial charge in [0.15, 0.2) is 0 Å². The van der Waals surface area contributed by atoms with Gasteiger partial charge in [0.2, 0.25) is 0 Å². The van der Waals surface area contributed by atoms with Crippen molar-refractivity contribution < 1.29 is 18.7 Å². The number of carbonyl (C=O) groups excluding carboxylic acids is 2. The molecule has 0 aliphatic heterocycles. The molecule has 3 aromatic rings. The van der Waals surface area contributed by atoms with Crippen LogP contribution in [0.1, 0.15) is 28.6 Å². The van der Waals surface area contributed by atoms with Crippen molar-refractivity contribution in [3.8, 4) is 5.75 Å². The first-order valence-corrected chi connectivity index (χ1v) is 9.27. The molecule has 3 rings (SSSR count). The molecule has 0 bridgehead atoms. The molecule has 0 saturated heterocycles. The zero-order valence-corrected chi connectivity index (χ0v) is 16.1. The van der Waals surface area contributed by atoms with E-state index in [4.69, 9.17) is 9.15 Å².